The molecule has 0 aromatic heterocycles. The van der Waals surface area contributed by atoms with Gasteiger partial charge in [0.2, 0.25) is 5.91 Å². The summed E-state index contributed by atoms with van der Waals surface area (Å²) >= 11 is 4.99. The van der Waals surface area contributed by atoms with Crippen molar-refractivity contribution in [1.82, 2.24) is 0 Å². The highest BCUT2D eigenvalue weighted by Gasteiger charge is 2.38. The Bertz CT molecular complexity index is 492. The van der Waals surface area contributed by atoms with E-state index in [0.717, 1.165) is 0 Å². The zero-order valence-electron chi connectivity index (χ0n) is 11.4. The molecular formula is C14H19FN2OS. The normalized spacial score (nSPS) is 13.7. The lowest BCUT2D eigenvalue weighted by Gasteiger charge is -2.32. The maximum Gasteiger partial charge on any atom is 0.239 e. The Morgan fingerprint density at radius 2 is 2.00 bits per heavy atom. The van der Waals surface area contributed by atoms with Crippen molar-refractivity contribution in [1.29, 1.82) is 0 Å². The molecule has 3 nitrogen and oxygen atoms in total. The summed E-state index contributed by atoms with van der Waals surface area (Å²) in [5, 5.41) is 0. The van der Waals surface area contributed by atoms with E-state index in [0.29, 0.717) is 13.0 Å². The first-order valence-corrected chi connectivity index (χ1v) is 6.65. The second kappa shape index (κ2) is 6.10. The van der Waals surface area contributed by atoms with E-state index in [1.165, 1.54) is 11.0 Å². The molecule has 0 aliphatic heterocycles. The van der Waals surface area contributed by atoms with E-state index >= 15 is 0 Å². The third-order valence-corrected chi connectivity index (χ3v) is 3.88. The zero-order valence-corrected chi connectivity index (χ0v) is 12.3. The van der Waals surface area contributed by atoms with Gasteiger partial charge in [0.25, 0.3) is 0 Å². The molecule has 0 radical (unpaired) electrons. The zero-order chi connectivity index (χ0) is 14.6. The molecule has 1 aromatic rings. The molecule has 19 heavy (non-hydrogen) atoms. The number of nitrogens with two attached hydrogens (primary N) is 1. The third-order valence-electron chi connectivity index (χ3n) is 3.43. The van der Waals surface area contributed by atoms with Crippen LogP contribution < -0.4 is 10.6 Å². The van der Waals surface area contributed by atoms with Gasteiger partial charge in [-0.05, 0) is 32.4 Å². The van der Waals surface area contributed by atoms with Gasteiger partial charge in [-0.1, -0.05) is 31.3 Å². The number of thiocarbonyl (C=S) groups is 1. The van der Waals surface area contributed by atoms with Crippen molar-refractivity contribution in [2.45, 2.75) is 27.2 Å². The first-order chi connectivity index (χ1) is 8.88. The summed E-state index contributed by atoms with van der Waals surface area (Å²) < 4.78 is 13.8. The number of rotatable bonds is 5. The van der Waals surface area contributed by atoms with Crippen LogP contribution in [0.1, 0.15) is 27.2 Å². The van der Waals surface area contributed by atoms with Crippen LogP contribution in [0.5, 0.6) is 0 Å². The van der Waals surface area contributed by atoms with Gasteiger partial charge in [-0.15, -0.1) is 0 Å². The van der Waals surface area contributed by atoms with Crippen LogP contribution in [0.2, 0.25) is 0 Å². The van der Waals surface area contributed by atoms with Crippen molar-refractivity contribution >= 4 is 28.8 Å². The van der Waals surface area contributed by atoms with Gasteiger partial charge in [-0.25, -0.2) is 4.39 Å². The van der Waals surface area contributed by atoms with Crippen LogP contribution in [-0.4, -0.2) is 17.4 Å². The molecule has 1 unspecified atom stereocenters. The maximum atomic E-state index is 13.8. The smallest absolute Gasteiger partial charge is 0.239 e. The Labute approximate surface area is 118 Å². The van der Waals surface area contributed by atoms with Crippen LogP contribution in [0.15, 0.2) is 24.3 Å². The number of nitrogens with zero attached hydrogens (tertiary/aromatic N) is 1. The number of benzene rings is 1. The lowest BCUT2D eigenvalue weighted by atomic mass is 9.85. The molecule has 1 rings (SSSR count). The Hall–Kier alpha value is -1.49. The molecule has 1 atom stereocenters. The minimum atomic E-state index is -0.951. The van der Waals surface area contributed by atoms with Crippen molar-refractivity contribution < 1.29 is 9.18 Å². The van der Waals surface area contributed by atoms with Crippen LogP contribution >= 0.6 is 12.2 Å². The molecule has 0 heterocycles. The van der Waals surface area contributed by atoms with Crippen molar-refractivity contribution in [3.8, 4) is 0 Å². The van der Waals surface area contributed by atoms with Crippen LogP contribution in [0.4, 0.5) is 10.1 Å². The molecule has 1 amide bonds. The molecule has 0 aliphatic rings. The average Bonchev–Trinajstić information content (AvgIpc) is 2.40. The van der Waals surface area contributed by atoms with Crippen molar-refractivity contribution in [2.24, 2.45) is 11.1 Å². The monoisotopic (exact) mass is 282 g/mol. The second-order valence-corrected chi connectivity index (χ2v) is 4.99. The Morgan fingerprint density at radius 1 is 1.42 bits per heavy atom. The van der Waals surface area contributed by atoms with Gasteiger partial charge in [0.05, 0.1) is 16.1 Å². The standard InChI is InChI=1S/C14H19FN2OS/c1-4-14(3,12(16)19)13(18)17(5-2)11-9-7-6-8-10(11)15/h6-9H,4-5H2,1-3H3,(H2,16,19). The number of para-hydroxylation sites is 1. The van der Waals surface area contributed by atoms with Crippen LogP contribution in [0, 0.1) is 11.2 Å². The molecule has 0 saturated carbocycles. The van der Waals surface area contributed by atoms with Crippen LogP contribution in [0.3, 0.4) is 0 Å². The molecule has 104 valence electrons. The summed E-state index contributed by atoms with van der Waals surface area (Å²) in [4.78, 5) is 14.1. The Kier molecular flexibility index (Phi) is 5.00. The third kappa shape index (κ3) is 2.92. The van der Waals surface area contributed by atoms with Gasteiger partial charge in [0.1, 0.15) is 5.82 Å². The number of carbonyl (C=O) groups excluding carboxylic acids is 1. The summed E-state index contributed by atoms with van der Waals surface area (Å²) in [7, 11) is 0. The topological polar surface area (TPSA) is 46.3 Å². The lowest BCUT2D eigenvalue weighted by Crippen LogP contribution is -2.49. The van der Waals surface area contributed by atoms with Crippen LogP contribution in [-0.2, 0) is 4.79 Å². The van der Waals surface area contributed by atoms with E-state index in [-0.39, 0.29) is 16.6 Å². The molecule has 1 aromatic carbocycles. The van der Waals surface area contributed by atoms with Gasteiger partial charge in [-0.2, -0.15) is 0 Å². The highest BCUT2D eigenvalue weighted by atomic mass is 32.1. The summed E-state index contributed by atoms with van der Waals surface area (Å²) in [6.45, 7) is 5.69. The quantitative estimate of drug-likeness (QED) is 0.845. The van der Waals surface area contributed by atoms with Crippen molar-refractivity contribution in [3.05, 3.63) is 30.1 Å². The van der Waals surface area contributed by atoms with Crippen molar-refractivity contribution in [3.63, 3.8) is 0 Å². The van der Waals surface area contributed by atoms with E-state index in [4.69, 9.17) is 18.0 Å². The van der Waals surface area contributed by atoms with E-state index in [1.807, 2.05) is 6.92 Å². The van der Waals surface area contributed by atoms with E-state index in [2.05, 4.69) is 0 Å². The van der Waals surface area contributed by atoms with Gasteiger partial charge in [0, 0.05) is 6.54 Å². The predicted molar refractivity (Wildman–Crippen MR) is 79.6 cm³/mol. The minimum Gasteiger partial charge on any atom is -0.392 e. The molecule has 0 saturated heterocycles. The fourth-order valence-corrected chi connectivity index (χ4v) is 2.05. The van der Waals surface area contributed by atoms with Crippen LogP contribution in [0.25, 0.3) is 0 Å². The maximum absolute atomic E-state index is 13.8. The van der Waals surface area contributed by atoms with Gasteiger partial charge in [-0.3, -0.25) is 4.79 Å². The summed E-state index contributed by atoms with van der Waals surface area (Å²) in [6.07, 6.45) is 0.478. The fraction of sp³-hybridized carbons (Fsp3) is 0.429. The summed E-state index contributed by atoms with van der Waals surface area (Å²) in [5.74, 6) is -0.700. The Balaban J connectivity index is 3.21. The number of hydrogen-bond acceptors (Lipinski definition) is 2. The molecule has 0 spiro atoms. The van der Waals surface area contributed by atoms with E-state index < -0.39 is 11.2 Å². The first kappa shape index (κ1) is 15.6. The van der Waals surface area contributed by atoms with Crippen molar-refractivity contribution in [2.75, 3.05) is 11.4 Å². The number of carbonyl (C=O) groups is 1. The van der Waals surface area contributed by atoms with Gasteiger partial charge >= 0.3 is 0 Å². The van der Waals surface area contributed by atoms with E-state index in [9.17, 15) is 9.18 Å². The van der Waals surface area contributed by atoms with Gasteiger partial charge < -0.3 is 10.6 Å². The highest BCUT2D eigenvalue weighted by molar-refractivity contribution is 7.80. The SMILES string of the molecule is CCN(C(=O)C(C)(CC)C(N)=S)c1ccccc1F. The van der Waals surface area contributed by atoms with Gasteiger partial charge in [0.15, 0.2) is 0 Å². The number of amides is 1. The molecule has 2 N–H and O–H groups in total. The molecule has 0 aliphatic carbocycles. The number of halogens is 1. The first-order valence-electron chi connectivity index (χ1n) is 6.24. The molecular weight excluding hydrogens is 263 g/mol. The minimum absolute atomic E-state index is 0.134. The fourth-order valence-electron chi connectivity index (χ4n) is 1.82. The predicted octanol–water partition coefficient (Wildman–Crippen LogP) is 2.88. The molecule has 0 bridgehead atoms. The van der Waals surface area contributed by atoms with E-state index in [1.54, 1.807) is 32.0 Å². The number of anilines is 1. The molecule has 0 fully saturated rings. The molecule has 5 heteroatoms. The highest BCUT2D eigenvalue weighted by Crippen LogP contribution is 2.29. The summed E-state index contributed by atoms with van der Waals surface area (Å²) in [5.41, 5.74) is 4.99. The lowest BCUT2D eigenvalue weighted by molar-refractivity contribution is -0.124. The largest absolute Gasteiger partial charge is 0.392 e. The Morgan fingerprint density at radius 3 is 2.42 bits per heavy atom. The second-order valence-electron chi connectivity index (χ2n) is 4.55. The summed E-state index contributed by atoms with van der Waals surface area (Å²) in [6, 6.07) is 6.18. The number of hydrogen-bond donors (Lipinski definition) is 1. The average molecular weight is 282 g/mol.